The molecule has 1 aromatic heterocycles. The number of anilines is 1. The first-order valence-corrected chi connectivity index (χ1v) is 5.53. The molecule has 0 amide bonds. The minimum atomic E-state index is -0.326. The van der Waals surface area contributed by atoms with Crippen molar-refractivity contribution in [2.45, 2.75) is 32.4 Å². The molecule has 94 valence electrons. The SMILES string of the molecule is COc1c(NC2CC(O)C2(C)C)nc[nH]c1=O. The van der Waals surface area contributed by atoms with Crippen LogP contribution in [0.5, 0.6) is 5.75 Å². The van der Waals surface area contributed by atoms with E-state index < -0.39 is 0 Å². The topological polar surface area (TPSA) is 87.2 Å². The molecule has 2 unspecified atom stereocenters. The van der Waals surface area contributed by atoms with Crippen molar-refractivity contribution in [3.05, 3.63) is 16.7 Å². The summed E-state index contributed by atoms with van der Waals surface area (Å²) in [6.07, 6.45) is 1.65. The van der Waals surface area contributed by atoms with Gasteiger partial charge in [-0.1, -0.05) is 13.8 Å². The molecule has 1 fully saturated rings. The van der Waals surface area contributed by atoms with Gasteiger partial charge in [0.1, 0.15) is 0 Å². The standard InChI is InChI=1S/C11H17N3O3/c1-11(2)6(4-7(11)15)14-9-8(17-3)10(16)13-5-12-9/h5-7,15H,4H2,1-3H3,(H2,12,13,14,16). The summed E-state index contributed by atoms with van der Waals surface area (Å²) in [6, 6.07) is 0.0840. The van der Waals surface area contributed by atoms with E-state index in [1.807, 2.05) is 13.8 Å². The van der Waals surface area contributed by atoms with Gasteiger partial charge in [-0.05, 0) is 6.42 Å². The van der Waals surface area contributed by atoms with Crippen molar-refractivity contribution in [3.63, 3.8) is 0 Å². The molecule has 6 heteroatoms. The molecule has 1 aliphatic carbocycles. The molecule has 17 heavy (non-hydrogen) atoms. The number of nitrogens with zero attached hydrogens (tertiary/aromatic N) is 1. The first kappa shape index (κ1) is 11.9. The Morgan fingerprint density at radius 3 is 2.88 bits per heavy atom. The van der Waals surface area contributed by atoms with E-state index in [2.05, 4.69) is 15.3 Å². The second-order valence-corrected chi connectivity index (χ2v) is 4.88. The van der Waals surface area contributed by atoms with Crippen LogP contribution in [0.4, 0.5) is 5.82 Å². The van der Waals surface area contributed by atoms with Crippen LogP contribution in [0.2, 0.25) is 0 Å². The number of nitrogens with one attached hydrogen (secondary N) is 2. The lowest BCUT2D eigenvalue weighted by Crippen LogP contribution is -2.57. The largest absolute Gasteiger partial charge is 0.489 e. The quantitative estimate of drug-likeness (QED) is 0.708. The fourth-order valence-electron chi connectivity index (χ4n) is 1.99. The van der Waals surface area contributed by atoms with E-state index in [4.69, 9.17) is 4.74 Å². The number of hydrogen-bond acceptors (Lipinski definition) is 5. The predicted octanol–water partition coefficient (Wildman–Crippen LogP) is 0.350. The maximum Gasteiger partial charge on any atom is 0.295 e. The zero-order chi connectivity index (χ0) is 12.6. The number of ether oxygens (including phenoxy) is 1. The lowest BCUT2D eigenvalue weighted by Gasteiger charge is -2.49. The Kier molecular flexibility index (Phi) is 2.82. The molecule has 3 N–H and O–H groups in total. The second kappa shape index (κ2) is 4.03. The molecule has 1 saturated carbocycles. The molecule has 0 bridgehead atoms. The third kappa shape index (κ3) is 1.88. The van der Waals surface area contributed by atoms with Crippen molar-refractivity contribution < 1.29 is 9.84 Å². The normalized spacial score (nSPS) is 26.1. The summed E-state index contributed by atoms with van der Waals surface area (Å²) >= 11 is 0. The Hall–Kier alpha value is -1.56. The Morgan fingerprint density at radius 1 is 1.65 bits per heavy atom. The smallest absolute Gasteiger partial charge is 0.295 e. The first-order chi connectivity index (χ1) is 7.96. The number of aromatic amines is 1. The average Bonchev–Trinajstić information content (AvgIpc) is 2.29. The van der Waals surface area contributed by atoms with Crippen molar-refractivity contribution in [2.24, 2.45) is 5.41 Å². The molecular formula is C11H17N3O3. The Bertz CT molecular complexity index is 469. The van der Waals surface area contributed by atoms with Crippen LogP contribution in [0, 0.1) is 5.41 Å². The van der Waals surface area contributed by atoms with Crippen LogP contribution in [0.15, 0.2) is 11.1 Å². The van der Waals surface area contributed by atoms with Gasteiger partial charge in [-0.15, -0.1) is 0 Å². The highest BCUT2D eigenvalue weighted by Crippen LogP contribution is 2.42. The summed E-state index contributed by atoms with van der Waals surface area (Å²) in [7, 11) is 1.43. The lowest BCUT2D eigenvalue weighted by molar-refractivity contribution is -0.0512. The predicted molar refractivity (Wildman–Crippen MR) is 63.2 cm³/mol. The number of hydrogen-bond donors (Lipinski definition) is 3. The molecule has 0 spiro atoms. The lowest BCUT2D eigenvalue weighted by atomic mass is 9.64. The summed E-state index contributed by atoms with van der Waals surface area (Å²) in [4.78, 5) is 18.0. The van der Waals surface area contributed by atoms with Gasteiger partial charge in [-0.25, -0.2) is 4.98 Å². The molecule has 1 aromatic rings. The van der Waals surface area contributed by atoms with Gasteiger partial charge >= 0.3 is 0 Å². The van der Waals surface area contributed by atoms with Crippen molar-refractivity contribution in [2.75, 3.05) is 12.4 Å². The van der Waals surface area contributed by atoms with E-state index in [0.29, 0.717) is 12.2 Å². The van der Waals surface area contributed by atoms with Crippen molar-refractivity contribution in [1.82, 2.24) is 9.97 Å². The monoisotopic (exact) mass is 239 g/mol. The summed E-state index contributed by atoms with van der Waals surface area (Å²) in [5.74, 6) is 0.589. The number of aromatic nitrogens is 2. The van der Waals surface area contributed by atoms with E-state index >= 15 is 0 Å². The summed E-state index contributed by atoms with van der Waals surface area (Å²) in [5, 5.41) is 12.8. The van der Waals surface area contributed by atoms with E-state index in [1.165, 1.54) is 13.4 Å². The highest BCUT2D eigenvalue weighted by Gasteiger charge is 2.47. The number of methoxy groups -OCH3 is 1. The molecule has 0 radical (unpaired) electrons. The fourth-order valence-corrected chi connectivity index (χ4v) is 1.99. The van der Waals surface area contributed by atoms with E-state index in [9.17, 15) is 9.90 Å². The molecule has 1 aliphatic rings. The third-order valence-corrected chi connectivity index (χ3v) is 3.54. The summed E-state index contributed by atoms with van der Waals surface area (Å²) in [5.41, 5.74) is -0.544. The van der Waals surface area contributed by atoms with E-state index in [1.54, 1.807) is 0 Å². The van der Waals surface area contributed by atoms with Crippen LogP contribution >= 0.6 is 0 Å². The van der Waals surface area contributed by atoms with Gasteiger partial charge in [-0.2, -0.15) is 0 Å². The van der Waals surface area contributed by atoms with E-state index in [-0.39, 0.29) is 28.9 Å². The van der Waals surface area contributed by atoms with Crippen LogP contribution in [-0.4, -0.2) is 34.3 Å². The van der Waals surface area contributed by atoms with Gasteiger partial charge in [0.05, 0.1) is 19.5 Å². The van der Waals surface area contributed by atoms with Gasteiger partial charge in [0, 0.05) is 11.5 Å². The van der Waals surface area contributed by atoms with Crippen molar-refractivity contribution in [3.8, 4) is 5.75 Å². The van der Waals surface area contributed by atoms with Gasteiger partial charge in [0.15, 0.2) is 5.82 Å². The van der Waals surface area contributed by atoms with Crippen LogP contribution in [-0.2, 0) is 0 Å². The third-order valence-electron chi connectivity index (χ3n) is 3.54. The fraction of sp³-hybridized carbons (Fsp3) is 0.636. The molecule has 0 aromatic carbocycles. The maximum absolute atomic E-state index is 11.5. The molecular weight excluding hydrogens is 222 g/mol. The number of H-pyrrole nitrogens is 1. The van der Waals surface area contributed by atoms with Crippen LogP contribution in [0.1, 0.15) is 20.3 Å². The maximum atomic E-state index is 11.5. The molecule has 0 saturated heterocycles. The van der Waals surface area contributed by atoms with Gasteiger partial charge in [-0.3, -0.25) is 4.79 Å². The zero-order valence-corrected chi connectivity index (χ0v) is 10.2. The number of aliphatic hydroxyl groups is 1. The molecule has 0 aliphatic heterocycles. The minimum absolute atomic E-state index is 0.0840. The Morgan fingerprint density at radius 2 is 2.35 bits per heavy atom. The second-order valence-electron chi connectivity index (χ2n) is 4.88. The van der Waals surface area contributed by atoms with Gasteiger partial charge < -0.3 is 20.1 Å². The van der Waals surface area contributed by atoms with Crippen LogP contribution < -0.4 is 15.6 Å². The van der Waals surface area contributed by atoms with E-state index in [0.717, 1.165) is 0 Å². The summed E-state index contributed by atoms with van der Waals surface area (Å²) in [6.45, 7) is 3.94. The highest BCUT2D eigenvalue weighted by atomic mass is 16.5. The minimum Gasteiger partial charge on any atom is -0.489 e. The number of rotatable bonds is 3. The van der Waals surface area contributed by atoms with Crippen LogP contribution in [0.3, 0.4) is 0 Å². The molecule has 1 heterocycles. The zero-order valence-electron chi connectivity index (χ0n) is 10.2. The number of aliphatic hydroxyl groups excluding tert-OH is 1. The van der Waals surface area contributed by atoms with Gasteiger partial charge in [0.25, 0.3) is 5.56 Å². The molecule has 2 atom stereocenters. The molecule has 6 nitrogen and oxygen atoms in total. The Labute approximate surface area is 99.0 Å². The van der Waals surface area contributed by atoms with Crippen molar-refractivity contribution >= 4 is 5.82 Å². The van der Waals surface area contributed by atoms with Crippen molar-refractivity contribution in [1.29, 1.82) is 0 Å². The summed E-state index contributed by atoms with van der Waals surface area (Å²) < 4.78 is 5.01. The van der Waals surface area contributed by atoms with Gasteiger partial charge in [0.2, 0.25) is 5.75 Å². The Balaban J connectivity index is 2.21. The average molecular weight is 239 g/mol. The first-order valence-electron chi connectivity index (χ1n) is 5.53. The molecule has 2 rings (SSSR count). The van der Waals surface area contributed by atoms with Crippen LogP contribution in [0.25, 0.3) is 0 Å². The highest BCUT2D eigenvalue weighted by molar-refractivity contribution is 5.49.